The Balaban J connectivity index is 1.80. The van der Waals surface area contributed by atoms with Gasteiger partial charge in [0, 0.05) is 0 Å². The molecule has 154 valence electrons. The summed E-state index contributed by atoms with van der Waals surface area (Å²) in [7, 11) is 4.20. The van der Waals surface area contributed by atoms with E-state index < -0.39 is 29.7 Å². The number of para-hydroxylation sites is 2. The molecule has 0 aliphatic carbocycles. The summed E-state index contributed by atoms with van der Waals surface area (Å²) in [6.07, 6.45) is 0. The largest absolute Gasteiger partial charge is 0.497 e. The number of rotatable bonds is 5. The van der Waals surface area contributed by atoms with Crippen molar-refractivity contribution < 1.29 is 28.6 Å². The number of carbonyl (C=O) groups excluding carboxylic acids is 3. The molecule has 4 rings (SSSR count). The molecule has 2 aromatic rings. The fourth-order valence-electron chi connectivity index (χ4n) is 3.69. The van der Waals surface area contributed by atoms with E-state index in [0.29, 0.717) is 22.9 Å². The van der Waals surface area contributed by atoms with Gasteiger partial charge in [-0.3, -0.25) is 14.6 Å². The molecule has 2 atom stereocenters. The minimum absolute atomic E-state index is 0.117. The van der Waals surface area contributed by atoms with Crippen LogP contribution in [0.2, 0.25) is 0 Å². The minimum Gasteiger partial charge on any atom is -0.497 e. The normalized spacial score (nSPS) is 20.2. The first-order valence-corrected chi connectivity index (χ1v) is 9.12. The molecule has 0 aromatic heterocycles. The molecule has 0 saturated carbocycles. The predicted octanol–water partition coefficient (Wildman–Crippen LogP) is 1.61. The van der Waals surface area contributed by atoms with Crippen molar-refractivity contribution in [2.75, 3.05) is 31.2 Å². The molecule has 30 heavy (non-hydrogen) atoms. The van der Waals surface area contributed by atoms with Crippen LogP contribution in [0.4, 0.5) is 11.4 Å². The van der Waals surface area contributed by atoms with E-state index in [0.717, 1.165) is 4.90 Å². The third-order valence-electron chi connectivity index (χ3n) is 5.11. The fraction of sp³-hybridized carbons (Fsp3) is 0.238. The maximum Gasteiger partial charge on any atom is 0.355 e. The van der Waals surface area contributed by atoms with Gasteiger partial charge in [0.25, 0.3) is 5.91 Å². The van der Waals surface area contributed by atoms with Gasteiger partial charge in [0.1, 0.15) is 23.5 Å². The van der Waals surface area contributed by atoms with Crippen LogP contribution in [0.5, 0.6) is 11.5 Å². The summed E-state index contributed by atoms with van der Waals surface area (Å²) in [5.74, 6) is -1.92. The summed E-state index contributed by atoms with van der Waals surface area (Å²) >= 11 is 0. The molecule has 2 aliphatic rings. The maximum atomic E-state index is 13.4. The molecule has 1 fully saturated rings. The monoisotopic (exact) mass is 409 g/mol. The maximum absolute atomic E-state index is 13.4. The van der Waals surface area contributed by atoms with Gasteiger partial charge in [-0.05, 0) is 36.4 Å². The van der Waals surface area contributed by atoms with Crippen LogP contribution in [0.1, 0.15) is 0 Å². The summed E-state index contributed by atoms with van der Waals surface area (Å²) in [6, 6.07) is 12.5. The third kappa shape index (κ3) is 2.86. The first-order chi connectivity index (χ1) is 14.5. The third-order valence-corrected chi connectivity index (χ3v) is 5.11. The van der Waals surface area contributed by atoms with Gasteiger partial charge < -0.3 is 14.2 Å². The lowest BCUT2D eigenvalue weighted by Crippen LogP contribution is -2.39. The van der Waals surface area contributed by atoms with Crippen LogP contribution in [0.15, 0.2) is 53.6 Å². The lowest BCUT2D eigenvalue weighted by atomic mass is 9.98. The molecule has 0 unspecified atom stereocenters. The Bertz CT molecular complexity index is 1050. The standard InChI is InChI=1S/C21H19N3O6/c1-28-13-10-8-12(9-11-13)24-18-16(17(22-24)21(27)30-3)19(25)23(20(18)26)14-6-4-5-7-15(14)29-2/h4-11,16,18H,1-3H3/t16-,18+/m1/s1. The Morgan fingerprint density at radius 1 is 0.933 bits per heavy atom. The average Bonchev–Trinajstić information content (AvgIpc) is 3.30. The number of hydrazone groups is 1. The van der Waals surface area contributed by atoms with Gasteiger partial charge >= 0.3 is 5.97 Å². The Morgan fingerprint density at radius 3 is 2.27 bits per heavy atom. The second-order valence-electron chi connectivity index (χ2n) is 6.63. The van der Waals surface area contributed by atoms with Crippen LogP contribution in [0.25, 0.3) is 0 Å². The molecule has 2 amide bonds. The van der Waals surface area contributed by atoms with E-state index >= 15 is 0 Å². The van der Waals surface area contributed by atoms with Gasteiger partial charge in [-0.2, -0.15) is 5.10 Å². The molecule has 0 bridgehead atoms. The lowest BCUT2D eigenvalue weighted by molar-refractivity contribution is -0.133. The van der Waals surface area contributed by atoms with Crippen LogP contribution >= 0.6 is 0 Å². The van der Waals surface area contributed by atoms with Gasteiger partial charge in [-0.25, -0.2) is 9.69 Å². The number of fused-ring (bicyclic) bond motifs is 1. The quantitative estimate of drug-likeness (QED) is 0.547. The van der Waals surface area contributed by atoms with E-state index in [4.69, 9.17) is 14.2 Å². The number of imide groups is 1. The number of amides is 2. The number of benzene rings is 2. The molecule has 9 nitrogen and oxygen atoms in total. The topological polar surface area (TPSA) is 97.7 Å². The highest BCUT2D eigenvalue weighted by atomic mass is 16.5. The summed E-state index contributed by atoms with van der Waals surface area (Å²) in [5, 5.41) is 5.66. The SMILES string of the molecule is COC(=O)C1=NN(c2ccc(OC)cc2)[C@@H]2C(=O)N(c3ccccc3OC)C(=O)[C@H]12. The Kier molecular flexibility index (Phi) is 4.86. The summed E-state index contributed by atoms with van der Waals surface area (Å²) < 4.78 is 15.3. The van der Waals surface area contributed by atoms with Gasteiger partial charge in [0.15, 0.2) is 5.71 Å². The zero-order valence-corrected chi connectivity index (χ0v) is 16.6. The smallest absolute Gasteiger partial charge is 0.355 e. The molecule has 2 aliphatic heterocycles. The number of hydrogen-bond donors (Lipinski definition) is 0. The number of methoxy groups -OCH3 is 3. The van der Waals surface area contributed by atoms with Crippen LogP contribution < -0.4 is 19.4 Å². The van der Waals surface area contributed by atoms with Gasteiger partial charge in [0.05, 0.1) is 32.7 Å². The highest BCUT2D eigenvalue weighted by Gasteiger charge is 2.59. The van der Waals surface area contributed by atoms with E-state index in [-0.39, 0.29) is 5.71 Å². The molecule has 0 N–H and O–H groups in total. The van der Waals surface area contributed by atoms with E-state index in [1.165, 1.54) is 19.2 Å². The second kappa shape index (κ2) is 7.51. The number of anilines is 2. The highest BCUT2D eigenvalue weighted by Crippen LogP contribution is 2.40. The van der Waals surface area contributed by atoms with Crippen molar-refractivity contribution in [3.63, 3.8) is 0 Å². The van der Waals surface area contributed by atoms with Crippen LogP contribution in [-0.4, -0.2) is 50.9 Å². The minimum atomic E-state index is -1.09. The van der Waals surface area contributed by atoms with Crippen molar-refractivity contribution >= 4 is 34.9 Å². The van der Waals surface area contributed by atoms with Crippen LogP contribution in [0.3, 0.4) is 0 Å². The van der Waals surface area contributed by atoms with Gasteiger partial charge in [0.2, 0.25) is 5.91 Å². The Hall–Kier alpha value is -3.88. The summed E-state index contributed by atoms with van der Waals surface area (Å²) in [4.78, 5) is 40.1. The molecule has 2 aromatic carbocycles. The zero-order valence-electron chi connectivity index (χ0n) is 16.6. The molecule has 1 saturated heterocycles. The lowest BCUT2D eigenvalue weighted by Gasteiger charge is -2.23. The fourth-order valence-corrected chi connectivity index (χ4v) is 3.69. The second-order valence-corrected chi connectivity index (χ2v) is 6.63. The van der Waals surface area contributed by atoms with Crippen LogP contribution in [-0.2, 0) is 19.1 Å². The molecule has 0 radical (unpaired) electrons. The van der Waals surface area contributed by atoms with Gasteiger partial charge in [-0.15, -0.1) is 0 Å². The first kappa shape index (κ1) is 19.4. The molecule has 9 heteroatoms. The molecular formula is C21H19N3O6. The predicted molar refractivity (Wildman–Crippen MR) is 108 cm³/mol. The highest BCUT2D eigenvalue weighted by molar-refractivity contribution is 6.47. The number of ether oxygens (including phenoxy) is 3. The average molecular weight is 409 g/mol. The van der Waals surface area contributed by atoms with Crippen molar-refractivity contribution in [2.45, 2.75) is 6.04 Å². The van der Waals surface area contributed by atoms with Crippen molar-refractivity contribution in [3.8, 4) is 11.5 Å². The van der Waals surface area contributed by atoms with E-state index in [1.54, 1.807) is 55.6 Å². The van der Waals surface area contributed by atoms with Crippen LogP contribution in [0, 0.1) is 5.92 Å². The number of hydrogen-bond acceptors (Lipinski definition) is 8. The van der Waals surface area contributed by atoms with Crippen molar-refractivity contribution in [2.24, 2.45) is 11.0 Å². The summed E-state index contributed by atoms with van der Waals surface area (Å²) in [6.45, 7) is 0. The first-order valence-electron chi connectivity index (χ1n) is 9.12. The van der Waals surface area contributed by atoms with E-state index in [1.807, 2.05) is 0 Å². The zero-order chi connectivity index (χ0) is 21.4. The van der Waals surface area contributed by atoms with Crippen molar-refractivity contribution in [1.29, 1.82) is 0 Å². The van der Waals surface area contributed by atoms with Gasteiger partial charge in [-0.1, -0.05) is 12.1 Å². The number of esters is 1. The Morgan fingerprint density at radius 2 is 1.63 bits per heavy atom. The number of carbonyl (C=O) groups is 3. The number of nitrogens with zero attached hydrogens (tertiary/aromatic N) is 3. The van der Waals surface area contributed by atoms with Crippen molar-refractivity contribution in [1.82, 2.24) is 0 Å². The molecule has 2 heterocycles. The Labute approximate surface area is 172 Å². The molecule has 0 spiro atoms. The molecular weight excluding hydrogens is 390 g/mol. The summed E-state index contributed by atoms with van der Waals surface area (Å²) in [5.41, 5.74) is 0.727. The van der Waals surface area contributed by atoms with E-state index in [9.17, 15) is 14.4 Å². The van der Waals surface area contributed by atoms with E-state index in [2.05, 4.69) is 5.10 Å². The van der Waals surface area contributed by atoms with Crippen molar-refractivity contribution in [3.05, 3.63) is 48.5 Å².